The quantitative estimate of drug-likeness (QED) is 0.861. The molecule has 0 radical (unpaired) electrons. The van der Waals surface area contributed by atoms with Gasteiger partial charge in [0.15, 0.2) is 0 Å². The molecule has 0 unspecified atom stereocenters. The number of hydrogen-bond donors (Lipinski definition) is 0. The number of likely N-dealkylation sites (tertiary alicyclic amines) is 2. The zero-order valence-electron chi connectivity index (χ0n) is 14.1. The zero-order chi connectivity index (χ0) is 16.0. The van der Waals surface area contributed by atoms with Crippen LogP contribution in [-0.4, -0.2) is 46.1 Å². The van der Waals surface area contributed by atoms with Gasteiger partial charge in [-0.25, -0.2) is 4.98 Å². The lowest BCUT2D eigenvalue weighted by Crippen LogP contribution is -2.56. The second-order valence-electron chi connectivity index (χ2n) is 7.27. The maximum absolute atomic E-state index is 5.28. The average molecular weight is 332 g/mol. The van der Waals surface area contributed by atoms with Crippen molar-refractivity contribution in [3.8, 4) is 0 Å². The molecule has 0 amide bonds. The third kappa shape index (κ3) is 2.95. The number of nitrogens with zero attached hydrogens (tertiary/aromatic N) is 4. The molecule has 0 aliphatic carbocycles. The van der Waals surface area contributed by atoms with Crippen LogP contribution in [0.25, 0.3) is 0 Å². The van der Waals surface area contributed by atoms with Crippen molar-refractivity contribution in [3.05, 3.63) is 33.1 Å². The van der Waals surface area contributed by atoms with E-state index in [1.54, 1.807) is 11.3 Å². The molecule has 6 heteroatoms. The Kier molecular flexibility index (Phi) is 3.78. The van der Waals surface area contributed by atoms with Crippen LogP contribution in [0, 0.1) is 26.2 Å². The van der Waals surface area contributed by atoms with Crippen LogP contribution in [0.3, 0.4) is 0 Å². The lowest BCUT2D eigenvalue weighted by molar-refractivity contribution is 0.00115. The molecule has 4 heterocycles. The Hall–Kier alpha value is -1.24. The third-order valence-corrected chi connectivity index (χ3v) is 6.07. The topological polar surface area (TPSA) is 45.4 Å². The molecule has 0 bridgehead atoms. The van der Waals surface area contributed by atoms with Crippen molar-refractivity contribution in [2.45, 2.75) is 40.3 Å². The summed E-state index contributed by atoms with van der Waals surface area (Å²) < 4.78 is 5.28. The first kappa shape index (κ1) is 15.3. The monoisotopic (exact) mass is 332 g/mol. The SMILES string of the molecule is Cc1nc(CN2CCC3(C2)CN(Cc2c(C)noc2C)C3)cs1. The van der Waals surface area contributed by atoms with Gasteiger partial charge in [0.05, 0.1) is 16.4 Å². The molecule has 2 fully saturated rings. The van der Waals surface area contributed by atoms with Crippen molar-refractivity contribution < 1.29 is 4.52 Å². The lowest BCUT2D eigenvalue weighted by Gasteiger charge is -2.48. The lowest BCUT2D eigenvalue weighted by atomic mass is 9.79. The summed E-state index contributed by atoms with van der Waals surface area (Å²) in [6.45, 7) is 12.9. The molecular weight excluding hydrogens is 308 g/mol. The van der Waals surface area contributed by atoms with Gasteiger partial charge in [0, 0.05) is 49.1 Å². The van der Waals surface area contributed by atoms with E-state index in [4.69, 9.17) is 4.52 Å². The Labute approximate surface area is 141 Å². The largest absolute Gasteiger partial charge is 0.361 e. The van der Waals surface area contributed by atoms with Crippen molar-refractivity contribution in [1.29, 1.82) is 0 Å². The fraction of sp³-hybridized carbons (Fsp3) is 0.647. The van der Waals surface area contributed by atoms with Crippen LogP contribution < -0.4 is 0 Å². The second kappa shape index (κ2) is 5.69. The van der Waals surface area contributed by atoms with E-state index in [0.29, 0.717) is 5.41 Å². The highest BCUT2D eigenvalue weighted by Gasteiger charge is 2.47. The van der Waals surface area contributed by atoms with Crippen molar-refractivity contribution in [1.82, 2.24) is 19.9 Å². The molecule has 2 aliphatic heterocycles. The molecule has 5 nitrogen and oxygen atoms in total. The molecule has 0 saturated carbocycles. The van der Waals surface area contributed by atoms with E-state index in [1.807, 2.05) is 13.8 Å². The number of aromatic nitrogens is 2. The van der Waals surface area contributed by atoms with E-state index in [2.05, 4.69) is 32.2 Å². The van der Waals surface area contributed by atoms with Crippen LogP contribution in [0.15, 0.2) is 9.90 Å². The highest BCUT2D eigenvalue weighted by atomic mass is 32.1. The van der Waals surface area contributed by atoms with Gasteiger partial charge in [-0.2, -0.15) is 0 Å². The summed E-state index contributed by atoms with van der Waals surface area (Å²) in [5.74, 6) is 0.968. The molecule has 2 saturated heterocycles. The average Bonchev–Trinajstić information content (AvgIpc) is 3.15. The Bertz CT molecular complexity index is 682. The first-order chi connectivity index (χ1) is 11.0. The van der Waals surface area contributed by atoms with E-state index in [9.17, 15) is 0 Å². The normalized spacial score (nSPS) is 21.2. The Morgan fingerprint density at radius 3 is 2.61 bits per heavy atom. The predicted molar refractivity (Wildman–Crippen MR) is 90.4 cm³/mol. The molecule has 124 valence electrons. The van der Waals surface area contributed by atoms with Crippen molar-refractivity contribution in [2.75, 3.05) is 26.2 Å². The number of thiazole rings is 1. The molecule has 2 aromatic rings. The van der Waals surface area contributed by atoms with Gasteiger partial charge in [-0.3, -0.25) is 9.80 Å². The predicted octanol–water partition coefficient (Wildman–Crippen LogP) is 2.76. The summed E-state index contributed by atoms with van der Waals surface area (Å²) in [5.41, 5.74) is 4.05. The van der Waals surface area contributed by atoms with Crippen LogP contribution in [0.1, 0.15) is 34.1 Å². The molecule has 2 aromatic heterocycles. The highest BCUT2D eigenvalue weighted by Crippen LogP contribution is 2.41. The molecule has 0 atom stereocenters. The summed E-state index contributed by atoms with van der Waals surface area (Å²) in [7, 11) is 0. The van der Waals surface area contributed by atoms with E-state index in [-0.39, 0.29) is 0 Å². The first-order valence-electron chi connectivity index (χ1n) is 8.30. The van der Waals surface area contributed by atoms with Gasteiger partial charge < -0.3 is 4.52 Å². The van der Waals surface area contributed by atoms with Crippen LogP contribution in [0.4, 0.5) is 0 Å². The minimum absolute atomic E-state index is 0.504. The van der Waals surface area contributed by atoms with Gasteiger partial charge in [-0.05, 0) is 33.7 Å². The second-order valence-corrected chi connectivity index (χ2v) is 8.33. The summed E-state index contributed by atoms with van der Waals surface area (Å²) in [6.07, 6.45) is 1.31. The standard InChI is InChI=1S/C17H24N4OS/c1-12-16(13(2)22-19-12)7-21-10-17(11-21)4-5-20(9-17)6-15-8-23-14(3)18-15/h8H,4-7,9-11H2,1-3H3. The van der Waals surface area contributed by atoms with Crippen LogP contribution in [0.2, 0.25) is 0 Å². The number of rotatable bonds is 4. The van der Waals surface area contributed by atoms with Gasteiger partial charge in [-0.15, -0.1) is 11.3 Å². The summed E-state index contributed by atoms with van der Waals surface area (Å²) in [5, 5.41) is 7.43. The minimum Gasteiger partial charge on any atom is -0.361 e. The molecule has 0 N–H and O–H groups in total. The van der Waals surface area contributed by atoms with Crippen LogP contribution >= 0.6 is 11.3 Å². The van der Waals surface area contributed by atoms with Crippen LogP contribution in [0.5, 0.6) is 0 Å². The first-order valence-corrected chi connectivity index (χ1v) is 9.18. The number of hydrogen-bond acceptors (Lipinski definition) is 6. The van der Waals surface area contributed by atoms with Crippen molar-refractivity contribution >= 4 is 11.3 Å². The van der Waals surface area contributed by atoms with E-state index in [1.165, 1.54) is 48.9 Å². The fourth-order valence-corrected chi connectivity index (χ4v) is 4.70. The van der Waals surface area contributed by atoms with Gasteiger partial charge in [0.25, 0.3) is 0 Å². The van der Waals surface area contributed by atoms with E-state index < -0.39 is 0 Å². The summed E-state index contributed by atoms with van der Waals surface area (Å²) in [4.78, 5) is 9.70. The van der Waals surface area contributed by atoms with Gasteiger partial charge in [0.2, 0.25) is 0 Å². The Morgan fingerprint density at radius 2 is 1.96 bits per heavy atom. The third-order valence-electron chi connectivity index (χ3n) is 5.25. The Balaban J connectivity index is 1.31. The van der Waals surface area contributed by atoms with Crippen LogP contribution in [-0.2, 0) is 13.1 Å². The van der Waals surface area contributed by atoms with Gasteiger partial charge >= 0.3 is 0 Å². The Morgan fingerprint density at radius 1 is 1.17 bits per heavy atom. The molecule has 1 spiro atoms. The minimum atomic E-state index is 0.504. The zero-order valence-corrected chi connectivity index (χ0v) is 14.9. The maximum Gasteiger partial charge on any atom is 0.138 e. The van der Waals surface area contributed by atoms with Crippen molar-refractivity contribution in [2.24, 2.45) is 5.41 Å². The van der Waals surface area contributed by atoms with Gasteiger partial charge in [-0.1, -0.05) is 5.16 Å². The van der Waals surface area contributed by atoms with Crippen molar-refractivity contribution in [3.63, 3.8) is 0 Å². The molecule has 23 heavy (non-hydrogen) atoms. The highest BCUT2D eigenvalue weighted by molar-refractivity contribution is 7.09. The van der Waals surface area contributed by atoms with E-state index in [0.717, 1.165) is 24.5 Å². The van der Waals surface area contributed by atoms with E-state index >= 15 is 0 Å². The molecule has 4 rings (SSSR count). The number of aryl methyl sites for hydroxylation is 3. The molecular formula is C17H24N4OS. The maximum atomic E-state index is 5.28. The molecule has 2 aliphatic rings. The smallest absolute Gasteiger partial charge is 0.138 e. The molecule has 0 aromatic carbocycles. The summed E-state index contributed by atoms with van der Waals surface area (Å²) >= 11 is 1.75. The fourth-order valence-electron chi connectivity index (χ4n) is 4.10. The van der Waals surface area contributed by atoms with Gasteiger partial charge in [0.1, 0.15) is 5.76 Å². The summed E-state index contributed by atoms with van der Waals surface area (Å²) in [6, 6.07) is 0.